The smallest absolute Gasteiger partial charge is 0.314 e. The first-order chi connectivity index (χ1) is 15.3. The Hall–Kier alpha value is -3.26. The fraction of sp³-hybridized carbons (Fsp3) is 0.417. The standard InChI is InChI=1S/C24H35N5O3/c1-16(28-24(30)26-2)13-18-14-21(31-5)22(32-6)15-20(18)23(25)17-7-9-19(10-8-17)27-11-12-29(3)4/h7-10,14-16,25,27H,11-13H2,1-6H3,(H2,26,28,30). The average Bonchev–Trinajstić information content (AvgIpc) is 2.78. The molecule has 0 aliphatic carbocycles. The van der Waals surface area contributed by atoms with Crippen LogP contribution in [-0.2, 0) is 6.42 Å². The van der Waals surface area contributed by atoms with E-state index in [9.17, 15) is 4.79 Å². The van der Waals surface area contributed by atoms with Crippen LogP contribution in [0, 0.1) is 5.41 Å². The third-order valence-electron chi connectivity index (χ3n) is 5.07. The van der Waals surface area contributed by atoms with Gasteiger partial charge < -0.3 is 30.3 Å². The number of nitrogens with one attached hydrogen (secondary N) is 4. The van der Waals surface area contributed by atoms with Crippen LogP contribution < -0.4 is 25.4 Å². The van der Waals surface area contributed by atoms with Gasteiger partial charge in [0.1, 0.15) is 0 Å². The molecule has 1 atom stereocenters. The van der Waals surface area contributed by atoms with Crippen LogP contribution in [0.2, 0.25) is 0 Å². The van der Waals surface area contributed by atoms with Crippen molar-refractivity contribution in [3.8, 4) is 11.5 Å². The normalized spacial score (nSPS) is 11.6. The van der Waals surface area contributed by atoms with E-state index in [1.54, 1.807) is 21.3 Å². The van der Waals surface area contributed by atoms with Gasteiger partial charge in [-0.2, -0.15) is 0 Å². The number of carbonyl (C=O) groups is 1. The van der Waals surface area contributed by atoms with Gasteiger partial charge in [-0.1, -0.05) is 12.1 Å². The van der Waals surface area contributed by atoms with Crippen LogP contribution in [0.4, 0.5) is 10.5 Å². The summed E-state index contributed by atoms with van der Waals surface area (Å²) in [5.74, 6) is 1.15. The molecule has 0 heterocycles. The van der Waals surface area contributed by atoms with E-state index in [4.69, 9.17) is 14.9 Å². The van der Waals surface area contributed by atoms with Gasteiger partial charge in [-0.15, -0.1) is 0 Å². The monoisotopic (exact) mass is 441 g/mol. The van der Waals surface area contributed by atoms with E-state index in [0.717, 1.165) is 35.5 Å². The summed E-state index contributed by atoms with van der Waals surface area (Å²) < 4.78 is 10.9. The lowest BCUT2D eigenvalue weighted by Gasteiger charge is -2.19. The number of anilines is 1. The van der Waals surface area contributed by atoms with Gasteiger partial charge in [0, 0.05) is 43.0 Å². The summed E-state index contributed by atoms with van der Waals surface area (Å²) in [7, 11) is 8.82. The summed E-state index contributed by atoms with van der Waals surface area (Å²) in [6.07, 6.45) is 0.537. The van der Waals surface area contributed by atoms with Gasteiger partial charge in [0.15, 0.2) is 11.5 Å². The highest BCUT2D eigenvalue weighted by atomic mass is 16.5. The maximum absolute atomic E-state index is 11.7. The van der Waals surface area contributed by atoms with Gasteiger partial charge in [0.2, 0.25) is 0 Å². The van der Waals surface area contributed by atoms with Crippen molar-refractivity contribution < 1.29 is 14.3 Å². The number of benzene rings is 2. The second-order valence-electron chi connectivity index (χ2n) is 7.88. The first-order valence-electron chi connectivity index (χ1n) is 10.6. The summed E-state index contributed by atoms with van der Waals surface area (Å²) in [6, 6.07) is 11.2. The number of urea groups is 1. The lowest BCUT2D eigenvalue weighted by atomic mass is 9.93. The zero-order chi connectivity index (χ0) is 23.7. The Labute approximate surface area is 190 Å². The second kappa shape index (κ2) is 12.0. The summed E-state index contributed by atoms with van der Waals surface area (Å²) in [5.41, 5.74) is 3.82. The Balaban J connectivity index is 2.30. The second-order valence-corrected chi connectivity index (χ2v) is 7.88. The van der Waals surface area contributed by atoms with Crippen LogP contribution in [0.5, 0.6) is 11.5 Å². The van der Waals surface area contributed by atoms with Crippen molar-refractivity contribution in [1.82, 2.24) is 15.5 Å². The first-order valence-corrected chi connectivity index (χ1v) is 10.6. The Morgan fingerprint density at radius 2 is 1.72 bits per heavy atom. The van der Waals surface area contributed by atoms with Crippen LogP contribution in [0.25, 0.3) is 0 Å². The molecule has 0 fully saturated rings. The highest BCUT2D eigenvalue weighted by Gasteiger charge is 2.18. The van der Waals surface area contributed by atoms with Gasteiger partial charge >= 0.3 is 6.03 Å². The van der Waals surface area contributed by atoms with Crippen molar-refractivity contribution in [3.63, 3.8) is 0 Å². The topological polar surface area (TPSA) is 98.7 Å². The molecule has 1 unspecified atom stereocenters. The summed E-state index contributed by atoms with van der Waals surface area (Å²) >= 11 is 0. The van der Waals surface area contributed by atoms with E-state index in [2.05, 4.69) is 20.9 Å². The molecular weight excluding hydrogens is 406 g/mol. The number of hydrogen-bond acceptors (Lipinski definition) is 6. The van der Waals surface area contributed by atoms with E-state index in [0.29, 0.717) is 23.6 Å². The molecule has 0 spiro atoms. The molecule has 0 radical (unpaired) electrons. The lowest BCUT2D eigenvalue weighted by Crippen LogP contribution is -2.40. The van der Waals surface area contributed by atoms with E-state index in [-0.39, 0.29) is 12.1 Å². The molecule has 0 aliphatic heterocycles. The number of carbonyl (C=O) groups excluding carboxylic acids is 1. The lowest BCUT2D eigenvalue weighted by molar-refractivity contribution is 0.240. The van der Waals surface area contributed by atoms with Gasteiger partial charge in [-0.3, -0.25) is 5.41 Å². The van der Waals surface area contributed by atoms with Crippen LogP contribution >= 0.6 is 0 Å². The van der Waals surface area contributed by atoms with Crippen molar-refractivity contribution in [2.24, 2.45) is 0 Å². The zero-order valence-electron chi connectivity index (χ0n) is 19.8. The Bertz CT molecular complexity index is 913. The predicted octanol–water partition coefficient (Wildman–Crippen LogP) is 2.95. The summed E-state index contributed by atoms with van der Waals surface area (Å²) in [5, 5.41) is 17.7. The van der Waals surface area contributed by atoms with Crippen molar-refractivity contribution in [2.75, 3.05) is 53.8 Å². The van der Waals surface area contributed by atoms with Crippen LogP contribution in [0.1, 0.15) is 23.6 Å². The summed E-state index contributed by atoms with van der Waals surface area (Å²) in [4.78, 5) is 13.8. The van der Waals surface area contributed by atoms with Gasteiger partial charge in [-0.25, -0.2) is 4.79 Å². The van der Waals surface area contributed by atoms with E-state index >= 15 is 0 Å². The summed E-state index contributed by atoms with van der Waals surface area (Å²) in [6.45, 7) is 3.71. The molecule has 4 N–H and O–H groups in total. The SMILES string of the molecule is CNC(=O)NC(C)Cc1cc(OC)c(OC)cc1C(=N)c1ccc(NCCN(C)C)cc1. The average molecular weight is 442 g/mol. The molecule has 32 heavy (non-hydrogen) atoms. The Kier molecular flexibility index (Phi) is 9.34. The molecule has 2 aromatic carbocycles. The van der Waals surface area contributed by atoms with Crippen molar-refractivity contribution >= 4 is 17.4 Å². The molecule has 0 bridgehead atoms. The van der Waals surface area contributed by atoms with Crippen molar-refractivity contribution in [3.05, 3.63) is 53.1 Å². The van der Waals surface area contributed by atoms with Crippen LogP contribution in [0.15, 0.2) is 36.4 Å². The number of nitrogens with zero attached hydrogens (tertiary/aromatic N) is 1. The molecule has 2 rings (SSSR count). The van der Waals surface area contributed by atoms with Crippen molar-refractivity contribution in [1.29, 1.82) is 5.41 Å². The molecule has 0 aliphatic rings. The molecule has 2 amide bonds. The number of methoxy groups -OCH3 is 2. The van der Waals surface area contributed by atoms with Crippen LogP contribution in [-0.4, -0.2) is 71.1 Å². The number of likely N-dealkylation sites (N-methyl/N-ethyl adjacent to an activating group) is 1. The fourth-order valence-electron chi connectivity index (χ4n) is 3.33. The number of hydrogen-bond donors (Lipinski definition) is 4. The molecule has 0 aromatic heterocycles. The minimum atomic E-state index is -0.244. The molecule has 8 heteroatoms. The highest BCUT2D eigenvalue weighted by Crippen LogP contribution is 2.32. The van der Waals surface area contributed by atoms with E-state index in [1.165, 1.54) is 0 Å². The predicted molar refractivity (Wildman–Crippen MR) is 130 cm³/mol. The fourth-order valence-corrected chi connectivity index (χ4v) is 3.33. The number of rotatable bonds is 11. The molecule has 2 aromatic rings. The third-order valence-corrected chi connectivity index (χ3v) is 5.07. The Morgan fingerprint density at radius 1 is 1.09 bits per heavy atom. The number of ether oxygens (including phenoxy) is 2. The Morgan fingerprint density at radius 3 is 2.28 bits per heavy atom. The van der Waals surface area contributed by atoms with Gasteiger partial charge in [0.25, 0.3) is 0 Å². The zero-order valence-corrected chi connectivity index (χ0v) is 19.8. The first kappa shape index (κ1) is 25.0. The highest BCUT2D eigenvalue weighted by molar-refractivity contribution is 6.12. The minimum Gasteiger partial charge on any atom is -0.493 e. The van der Waals surface area contributed by atoms with E-state index in [1.807, 2.05) is 57.4 Å². The molecule has 0 saturated heterocycles. The minimum absolute atomic E-state index is 0.136. The van der Waals surface area contributed by atoms with Gasteiger partial charge in [-0.05, 0) is 57.3 Å². The molecule has 8 nitrogen and oxygen atoms in total. The quantitative estimate of drug-likeness (QED) is 0.402. The maximum atomic E-state index is 11.7. The van der Waals surface area contributed by atoms with Gasteiger partial charge in [0.05, 0.1) is 19.9 Å². The molecule has 174 valence electrons. The third kappa shape index (κ3) is 6.88. The molecular formula is C24H35N5O3. The molecule has 0 saturated carbocycles. The maximum Gasteiger partial charge on any atom is 0.314 e. The van der Waals surface area contributed by atoms with Crippen LogP contribution in [0.3, 0.4) is 0 Å². The number of amides is 2. The largest absolute Gasteiger partial charge is 0.493 e. The van der Waals surface area contributed by atoms with E-state index < -0.39 is 0 Å². The van der Waals surface area contributed by atoms with Crippen molar-refractivity contribution in [2.45, 2.75) is 19.4 Å².